The largest absolute Gasteiger partial charge is 0.481 e. The van der Waals surface area contributed by atoms with E-state index >= 15 is 0 Å². The van der Waals surface area contributed by atoms with E-state index < -0.39 is 11.9 Å². The van der Waals surface area contributed by atoms with Crippen LogP contribution in [0.2, 0.25) is 0 Å². The van der Waals surface area contributed by atoms with Gasteiger partial charge in [0.15, 0.2) is 0 Å². The van der Waals surface area contributed by atoms with E-state index in [-0.39, 0.29) is 6.04 Å². The summed E-state index contributed by atoms with van der Waals surface area (Å²) in [4.78, 5) is 14.5. The number of hydrogen-bond donors (Lipinski definition) is 1. The molecular formula is C15H20N2O2S. The predicted octanol–water partition coefficient (Wildman–Crippen LogP) is 3.04. The fraction of sp³-hybridized carbons (Fsp3) is 0.600. The third-order valence-corrected chi connectivity index (χ3v) is 5.12. The first-order valence-electron chi connectivity index (χ1n) is 6.99. The molecule has 1 N–H and O–H groups in total. The second kappa shape index (κ2) is 5.84. The molecule has 0 radical (unpaired) electrons. The van der Waals surface area contributed by atoms with Crippen LogP contribution in [0.25, 0.3) is 0 Å². The molecule has 0 spiro atoms. The van der Waals surface area contributed by atoms with E-state index in [1.165, 1.54) is 10.4 Å². The molecule has 0 aliphatic heterocycles. The summed E-state index contributed by atoms with van der Waals surface area (Å²) in [7, 11) is 0. The Hall–Kier alpha value is -1.54. The Balaban J connectivity index is 2.36. The number of rotatable bonds is 5. The van der Waals surface area contributed by atoms with Gasteiger partial charge in [0.2, 0.25) is 0 Å². The van der Waals surface area contributed by atoms with Gasteiger partial charge in [-0.3, -0.25) is 4.79 Å². The first-order valence-corrected chi connectivity index (χ1v) is 7.81. The molecule has 0 fully saturated rings. The van der Waals surface area contributed by atoms with Crippen LogP contribution >= 0.6 is 11.3 Å². The molecule has 2 rings (SSSR count). The van der Waals surface area contributed by atoms with E-state index in [0.29, 0.717) is 6.54 Å². The minimum Gasteiger partial charge on any atom is -0.481 e. The van der Waals surface area contributed by atoms with E-state index in [0.717, 1.165) is 29.8 Å². The molecule has 1 aromatic heterocycles. The molecule has 0 saturated carbocycles. The number of aryl methyl sites for hydroxylation is 1. The lowest BCUT2D eigenvalue weighted by Gasteiger charge is -2.29. The van der Waals surface area contributed by atoms with Crippen LogP contribution in [0.5, 0.6) is 0 Å². The molecule has 5 heteroatoms. The van der Waals surface area contributed by atoms with E-state index in [2.05, 4.69) is 11.0 Å². The first kappa shape index (κ1) is 14.9. The number of fused-ring (bicyclic) bond motifs is 1. The number of aliphatic carboxylic acids is 1. The Bertz CT molecular complexity index is 557. The van der Waals surface area contributed by atoms with Crippen molar-refractivity contribution in [3.8, 4) is 6.07 Å². The normalized spacial score (nSPS) is 14.9. The van der Waals surface area contributed by atoms with Crippen molar-refractivity contribution < 1.29 is 9.90 Å². The molecule has 1 aliphatic rings. The Labute approximate surface area is 123 Å². The standard InChI is InChI=1S/C15H20N2O2S/c1-9(2)17(8-10(3)15(18)19)14-12(7-16)11-5-4-6-13(11)20-14/h9-10H,4-6,8H2,1-3H3,(H,18,19). The van der Waals surface area contributed by atoms with E-state index in [4.69, 9.17) is 5.11 Å². The van der Waals surface area contributed by atoms with Crippen molar-refractivity contribution >= 4 is 22.3 Å². The molecule has 0 amide bonds. The highest BCUT2D eigenvalue weighted by Gasteiger charge is 2.28. The molecule has 0 aromatic carbocycles. The summed E-state index contributed by atoms with van der Waals surface area (Å²) in [5, 5.41) is 19.5. The summed E-state index contributed by atoms with van der Waals surface area (Å²) >= 11 is 1.67. The number of thiophene rings is 1. The van der Waals surface area contributed by atoms with E-state index in [1.54, 1.807) is 18.3 Å². The summed E-state index contributed by atoms with van der Waals surface area (Å²) < 4.78 is 0. The van der Waals surface area contributed by atoms with Crippen LogP contribution in [-0.4, -0.2) is 23.7 Å². The van der Waals surface area contributed by atoms with Gasteiger partial charge in [0.1, 0.15) is 11.1 Å². The van der Waals surface area contributed by atoms with E-state index in [1.807, 2.05) is 13.8 Å². The van der Waals surface area contributed by atoms with E-state index in [9.17, 15) is 10.1 Å². The number of anilines is 1. The molecule has 0 bridgehead atoms. The number of nitrogens with zero attached hydrogens (tertiary/aromatic N) is 2. The lowest BCUT2D eigenvalue weighted by molar-refractivity contribution is -0.140. The monoisotopic (exact) mass is 292 g/mol. The highest BCUT2D eigenvalue weighted by Crippen LogP contribution is 2.41. The average Bonchev–Trinajstić information content (AvgIpc) is 2.94. The van der Waals surface area contributed by atoms with Crippen molar-refractivity contribution in [3.05, 3.63) is 16.0 Å². The van der Waals surface area contributed by atoms with Gasteiger partial charge in [-0.15, -0.1) is 11.3 Å². The van der Waals surface area contributed by atoms with Crippen molar-refractivity contribution in [1.82, 2.24) is 0 Å². The number of nitriles is 1. The van der Waals surface area contributed by atoms with Crippen LogP contribution in [0.15, 0.2) is 0 Å². The third-order valence-electron chi connectivity index (χ3n) is 3.79. The van der Waals surface area contributed by atoms with Crippen LogP contribution in [0.4, 0.5) is 5.00 Å². The lowest BCUT2D eigenvalue weighted by atomic mass is 10.1. The molecular weight excluding hydrogens is 272 g/mol. The zero-order chi connectivity index (χ0) is 14.9. The molecule has 1 atom stereocenters. The van der Waals surface area contributed by atoms with Crippen LogP contribution in [0, 0.1) is 17.2 Å². The van der Waals surface area contributed by atoms with Crippen molar-refractivity contribution in [1.29, 1.82) is 5.26 Å². The quantitative estimate of drug-likeness (QED) is 0.906. The Kier molecular flexibility index (Phi) is 4.34. The lowest BCUT2D eigenvalue weighted by Crippen LogP contribution is -2.37. The molecule has 108 valence electrons. The molecule has 1 unspecified atom stereocenters. The zero-order valence-corrected chi connectivity index (χ0v) is 13.0. The van der Waals surface area contributed by atoms with Gasteiger partial charge >= 0.3 is 5.97 Å². The zero-order valence-electron chi connectivity index (χ0n) is 12.1. The van der Waals surface area contributed by atoms with Gasteiger partial charge < -0.3 is 10.0 Å². The molecule has 1 aromatic rings. The minimum atomic E-state index is -0.793. The summed E-state index contributed by atoms with van der Waals surface area (Å²) in [5.41, 5.74) is 1.97. The van der Waals surface area contributed by atoms with Gasteiger partial charge in [-0.1, -0.05) is 6.92 Å². The van der Waals surface area contributed by atoms with Gasteiger partial charge in [0.05, 0.1) is 11.5 Å². The highest BCUT2D eigenvalue weighted by atomic mass is 32.1. The summed E-state index contributed by atoms with van der Waals surface area (Å²) in [6.45, 7) is 6.24. The maximum absolute atomic E-state index is 11.1. The maximum atomic E-state index is 11.1. The summed E-state index contributed by atoms with van der Waals surface area (Å²) in [6, 6.07) is 2.52. The van der Waals surface area contributed by atoms with Crippen LogP contribution < -0.4 is 4.90 Å². The predicted molar refractivity (Wildman–Crippen MR) is 80.3 cm³/mol. The second-order valence-corrected chi connectivity index (χ2v) is 6.72. The Morgan fingerprint density at radius 2 is 2.15 bits per heavy atom. The maximum Gasteiger partial charge on any atom is 0.308 e. The molecule has 1 aliphatic carbocycles. The van der Waals surface area contributed by atoms with Crippen LogP contribution in [0.3, 0.4) is 0 Å². The topological polar surface area (TPSA) is 64.3 Å². The average molecular weight is 292 g/mol. The summed E-state index contributed by atoms with van der Waals surface area (Å²) in [6.07, 6.45) is 3.16. The molecule has 1 heterocycles. The Morgan fingerprint density at radius 1 is 1.45 bits per heavy atom. The molecule has 0 saturated heterocycles. The van der Waals surface area contributed by atoms with Crippen molar-refractivity contribution in [2.24, 2.45) is 5.92 Å². The summed E-state index contributed by atoms with van der Waals surface area (Å²) in [5.74, 6) is -1.24. The van der Waals surface area contributed by atoms with Gasteiger partial charge in [-0.2, -0.15) is 5.26 Å². The van der Waals surface area contributed by atoms with Gasteiger partial charge in [0, 0.05) is 17.5 Å². The van der Waals surface area contributed by atoms with Crippen LogP contribution in [-0.2, 0) is 17.6 Å². The highest BCUT2D eigenvalue weighted by molar-refractivity contribution is 7.16. The molecule has 20 heavy (non-hydrogen) atoms. The number of carboxylic acids is 1. The number of carbonyl (C=O) groups is 1. The van der Waals surface area contributed by atoms with Gasteiger partial charge in [-0.25, -0.2) is 0 Å². The molecule has 4 nitrogen and oxygen atoms in total. The van der Waals surface area contributed by atoms with Crippen LogP contribution in [0.1, 0.15) is 43.2 Å². The van der Waals surface area contributed by atoms with Gasteiger partial charge in [0.25, 0.3) is 0 Å². The fourth-order valence-electron chi connectivity index (χ4n) is 2.61. The number of carboxylic acid groups (broad SMARTS) is 1. The third kappa shape index (κ3) is 2.66. The van der Waals surface area contributed by atoms with Crippen molar-refractivity contribution in [2.45, 2.75) is 46.1 Å². The fourth-order valence-corrected chi connectivity index (χ4v) is 4.09. The van der Waals surface area contributed by atoms with Crippen molar-refractivity contribution in [3.63, 3.8) is 0 Å². The minimum absolute atomic E-state index is 0.183. The number of hydrogen-bond acceptors (Lipinski definition) is 4. The SMILES string of the molecule is CC(CN(c1sc2c(c1C#N)CCC2)C(C)C)C(=O)O. The first-order chi connectivity index (χ1) is 9.45. The Morgan fingerprint density at radius 3 is 2.70 bits per heavy atom. The smallest absolute Gasteiger partial charge is 0.308 e. The second-order valence-electron chi connectivity index (χ2n) is 5.63. The van der Waals surface area contributed by atoms with Gasteiger partial charge in [-0.05, 0) is 38.7 Å². The van der Waals surface area contributed by atoms with Crippen molar-refractivity contribution in [2.75, 3.05) is 11.4 Å².